The highest BCUT2D eigenvalue weighted by atomic mass is 79.9. The van der Waals surface area contributed by atoms with Crippen LogP contribution in [0.3, 0.4) is 0 Å². The lowest BCUT2D eigenvalue weighted by molar-refractivity contribution is 0.460. The van der Waals surface area contributed by atoms with Crippen molar-refractivity contribution in [2.45, 2.75) is 23.1 Å². The number of rotatable bonds is 6. The molecule has 1 aromatic heterocycles. The summed E-state index contributed by atoms with van der Waals surface area (Å²) >= 11 is 11.2. The quantitative estimate of drug-likeness (QED) is 0.645. The summed E-state index contributed by atoms with van der Waals surface area (Å²) in [7, 11) is -3.48. The van der Waals surface area contributed by atoms with Crippen molar-refractivity contribution in [1.29, 1.82) is 0 Å². The van der Waals surface area contributed by atoms with Gasteiger partial charge in [0.1, 0.15) is 4.21 Å². The Hall–Kier alpha value is 1.05. The largest absolute Gasteiger partial charge is 0.251 e. The van der Waals surface area contributed by atoms with Crippen molar-refractivity contribution < 1.29 is 8.42 Å². The van der Waals surface area contributed by atoms with Crippen LogP contribution < -0.4 is 4.72 Å². The smallest absolute Gasteiger partial charge is 0.206 e. The molecule has 0 radical (unpaired) electrons. The molecule has 0 fully saturated rings. The summed E-state index contributed by atoms with van der Waals surface area (Å²) in [6, 6.07) is 1.73. The first-order chi connectivity index (χ1) is 7.90. The van der Waals surface area contributed by atoms with E-state index in [1.165, 1.54) is 11.3 Å². The number of hydrogen-bond acceptors (Lipinski definition) is 3. The van der Waals surface area contributed by atoms with Gasteiger partial charge in [0.25, 0.3) is 10.0 Å². The molecule has 0 unspecified atom stereocenters. The van der Waals surface area contributed by atoms with Crippen LogP contribution in [-0.4, -0.2) is 24.6 Å². The minimum absolute atomic E-state index is 0.317. The van der Waals surface area contributed by atoms with Gasteiger partial charge in [0.15, 0.2) is 0 Å². The highest BCUT2D eigenvalue weighted by Crippen LogP contribution is 2.29. The average Bonchev–Trinajstić information content (AvgIpc) is 2.73. The van der Waals surface area contributed by atoms with E-state index in [1.807, 2.05) is 6.92 Å². The van der Waals surface area contributed by atoms with Gasteiger partial charge < -0.3 is 0 Å². The zero-order valence-corrected chi connectivity index (χ0v) is 15.4. The van der Waals surface area contributed by atoms with Gasteiger partial charge >= 0.3 is 0 Å². The van der Waals surface area contributed by atoms with Crippen LogP contribution in [0.15, 0.2) is 20.1 Å². The van der Waals surface area contributed by atoms with Crippen LogP contribution >= 0.6 is 59.1 Å². The second-order valence-corrected chi connectivity index (χ2v) is 8.33. The van der Waals surface area contributed by atoms with Gasteiger partial charge in [-0.2, -0.15) is 0 Å². The number of halogens is 3. The van der Waals surface area contributed by atoms with Gasteiger partial charge in [-0.3, -0.25) is 0 Å². The van der Waals surface area contributed by atoms with Gasteiger partial charge in [0, 0.05) is 15.1 Å². The zero-order valence-electron chi connectivity index (χ0n) is 9.04. The van der Waals surface area contributed by atoms with E-state index < -0.39 is 15.6 Å². The molecule has 1 aromatic rings. The van der Waals surface area contributed by atoms with E-state index in [9.17, 15) is 8.42 Å². The first-order valence-corrected chi connectivity index (χ1v) is 10.2. The Balaban J connectivity index is 3.05. The zero-order chi connectivity index (χ0) is 13.1. The molecule has 1 heterocycles. The first-order valence-electron chi connectivity index (χ1n) is 4.79. The van der Waals surface area contributed by atoms with Gasteiger partial charge in [-0.1, -0.05) is 38.8 Å². The Labute approximate surface area is 131 Å². The van der Waals surface area contributed by atoms with Crippen LogP contribution in [0.4, 0.5) is 0 Å². The van der Waals surface area contributed by atoms with E-state index in [4.69, 9.17) is 0 Å². The van der Waals surface area contributed by atoms with E-state index in [1.54, 1.807) is 11.4 Å². The number of alkyl halides is 2. The summed E-state index contributed by atoms with van der Waals surface area (Å²) < 4.78 is 28.1. The fourth-order valence-electron chi connectivity index (χ4n) is 1.15. The molecule has 0 saturated heterocycles. The average molecular weight is 470 g/mol. The Morgan fingerprint density at radius 1 is 1.41 bits per heavy atom. The molecule has 1 rings (SSSR count). The lowest BCUT2D eigenvalue weighted by Gasteiger charge is -2.29. The normalized spacial score (nSPS) is 12.9. The topological polar surface area (TPSA) is 46.2 Å². The molecule has 0 bridgehead atoms. The Morgan fingerprint density at radius 2 is 2.00 bits per heavy atom. The van der Waals surface area contributed by atoms with Gasteiger partial charge in [0.05, 0.1) is 5.54 Å². The van der Waals surface area contributed by atoms with Gasteiger partial charge in [-0.05, 0) is 33.8 Å². The third-order valence-corrected chi connectivity index (χ3v) is 8.76. The summed E-state index contributed by atoms with van der Waals surface area (Å²) in [6.07, 6.45) is 0.700. The summed E-state index contributed by atoms with van der Waals surface area (Å²) in [6.45, 7) is 1.95. The summed E-state index contributed by atoms with van der Waals surface area (Å²) in [4.78, 5) is 0. The van der Waals surface area contributed by atoms with E-state index in [-0.39, 0.29) is 0 Å². The molecular weight excluding hydrogens is 458 g/mol. The minimum Gasteiger partial charge on any atom is -0.206 e. The first kappa shape index (κ1) is 16.1. The number of sulfonamides is 1. The molecule has 8 heteroatoms. The number of thiophene rings is 1. The standard InChI is InChI=1S/C9H12Br3NO2S2/c1-2-9(5-10,6-11)13-17(14,15)8-7(12)3-4-16-8/h3-4,13H,2,5-6H2,1H3. The van der Waals surface area contributed by atoms with Crippen molar-refractivity contribution in [1.82, 2.24) is 4.72 Å². The summed E-state index contributed by atoms with van der Waals surface area (Å²) in [5.74, 6) is 0. The lowest BCUT2D eigenvalue weighted by atomic mass is 10.0. The molecule has 0 aliphatic heterocycles. The van der Waals surface area contributed by atoms with Gasteiger partial charge in [-0.15, -0.1) is 11.3 Å². The second kappa shape index (κ2) is 6.47. The molecular formula is C9H12Br3NO2S2. The van der Waals surface area contributed by atoms with Crippen LogP contribution in [0.25, 0.3) is 0 Å². The van der Waals surface area contributed by atoms with Crippen molar-refractivity contribution in [2.75, 3.05) is 10.7 Å². The molecule has 98 valence electrons. The highest BCUT2D eigenvalue weighted by molar-refractivity contribution is 9.10. The molecule has 3 nitrogen and oxygen atoms in total. The SMILES string of the molecule is CCC(CBr)(CBr)NS(=O)(=O)c1sccc1Br. The maximum absolute atomic E-state index is 12.2. The van der Waals surface area contributed by atoms with Gasteiger partial charge in [0.2, 0.25) is 0 Å². The van der Waals surface area contributed by atoms with Crippen molar-refractivity contribution in [3.8, 4) is 0 Å². The molecule has 0 aliphatic rings. The Kier molecular flexibility index (Phi) is 6.13. The molecule has 0 saturated carbocycles. The predicted octanol–water partition coefficient (Wildman–Crippen LogP) is 3.73. The fraction of sp³-hybridized carbons (Fsp3) is 0.556. The monoisotopic (exact) mass is 467 g/mol. The van der Waals surface area contributed by atoms with E-state index in [0.29, 0.717) is 25.8 Å². The minimum atomic E-state index is -3.48. The van der Waals surface area contributed by atoms with Crippen LogP contribution in [0.1, 0.15) is 13.3 Å². The second-order valence-electron chi connectivity index (χ2n) is 3.56. The Bertz CT molecular complexity index is 460. The molecule has 1 N–H and O–H groups in total. The molecule has 0 aliphatic carbocycles. The van der Waals surface area contributed by atoms with E-state index in [2.05, 4.69) is 52.5 Å². The lowest BCUT2D eigenvalue weighted by Crippen LogP contribution is -2.50. The number of hydrogen-bond donors (Lipinski definition) is 1. The van der Waals surface area contributed by atoms with Gasteiger partial charge in [-0.25, -0.2) is 13.1 Å². The van der Waals surface area contributed by atoms with Crippen molar-refractivity contribution in [3.63, 3.8) is 0 Å². The predicted molar refractivity (Wildman–Crippen MR) is 83.0 cm³/mol. The third-order valence-electron chi connectivity index (χ3n) is 2.37. The maximum atomic E-state index is 12.2. The van der Waals surface area contributed by atoms with Crippen LogP contribution in [0.2, 0.25) is 0 Å². The van der Waals surface area contributed by atoms with E-state index in [0.717, 1.165) is 0 Å². The van der Waals surface area contributed by atoms with E-state index >= 15 is 0 Å². The van der Waals surface area contributed by atoms with Crippen LogP contribution in [-0.2, 0) is 10.0 Å². The van der Waals surface area contributed by atoms with Crippen LogP contribution in [0.5, 0.6) is 0 Å². The summed E-state index contributed by atoms with van der Waals surface area (Å²) in [5, 5.41) is 2.86. The molecule has 0 aromatic carbocycles. The molecule has 0 amide bonds. The van der Waals surface area contributed by atoms with Crippen LogP contribution in [0, 0.1) is 0 Å². The molecule has 17 heavy (non-hydrogen) atoms. The molecule has 0 atom stereocenters. The Morgan fingerprint density at radius 3 is 2.35 bits per heavy atom. The molecule has 0 spiro atoms. The highest BCUT2D eigenvalue weighted by Gasteiger charge is 2.33. The van der Waals surface area contributed by atoms with Crippen molar-refractivity contribution in [3.05, 3.63) is 15.9 Å². The van der Waals surface area contributed by atoms with Crippen molar-refractivity contribution in [2.24, 2.45) is 0 Å². The van der Waals surface area contributed by atoms with Crippen molar-refractivity contribution >= 4 is 69.1 Å². The maximum Gasteiger partial charge on any atom is 0.251 e. The summed E-state index contributed by atoms with van der Waals surface area (Å²) in [5.41, 5.74) is -0.498. The number of nitrogens with one attached hydrogen (secondary N) is 1. The fourth-order valence-corrected chi connectivity index (χ4v) is 7.34. The third kappa shape index (κ3) is 3.76.